The van der Waals surface area contributed by atoms with Gasteiger partial charge < -0.3 is 19.2 Å². The second kappa shape index (κ2) is 6.84. The van der Waals surface area contributed by atoms with Crippen LogP contribution in [0, 0.1) is 0 Å². The van der Waals surface area contributed by atoms with Crippen molar-refractivity contribution in [3.8, 4) is 11.5 Å². The Hall–Kier alpha value is -2.79. The molecule has 0 bridgehead atoms. The number of rotatable bonds is 6. The molecule has 2 heterocycles. The first-order valence-corrected chi connectivity index (χ1v) is 8.98. The van der Waals surface area contributed by atoms with Crippen molar-refractivity contribution in [2.45, 2.75) is 13.8 Å². The SMILES string of the molecule is CCN(CC)CCOc1cc(O)c2c(c1)oc1cc3ncccc3cc12. The lowest BCUT2D eigenvalue weighted by Gasteiger charge is -2.18. The first-order chi connectivity index (χ1) is 12.7. The Morgan fingerprint density at radius 1 is 1.12 bits per heavy atom. The highest BCUT2D eigenvalue weighted by atomic mass is 16.5. The number of hydrogen-bond donors (Lipinski definition) is 1. The van der Waals surface area contributed by atoms with Crippen LogP contribution in [-0.2, 0) is 0 Å². The number of ether oxygens (including phenoxy) is 1. The second-order valence-electron chi connectivity index (χ2n) is 6.34. The van der Waals surface area contributed by atoms with Gasteiger partial charge >= 0.3 is 0 Å². The van der Waals surface area contributed by atoms with Gasteiger partial charge in [-0.2, -0.15) is 0 Å². The molecule has 0 unspecified atom stereocenters. The van der Waals surface area contributed by atoms with Gasteiger partial charge in [0, 0.05) is 41.7 Å². The lowest BCUT2D eigenvalue weighted by Crippen LogP contribution is -2.27. The second-order valence-corrected chi connectivity index (χ2v) is 6.34. The van der Waals surface area contributed by atoms with Crippen molar-refractivity contribution in [2.75, 3.05) is 26.2 Å². The van der Waals surface area contributed by atoms with Crippen LogP contribution in [0.5, 0.6) is 11.5 Å². The summed E-state index contributed by atoms with van der Waals surface area (Å²) in [5.41, 5.74) is 2.20. The van der Waals surface area contributed by atoms with Crippen LogP contribution >= 0.6 is 0 Å². The molecule has 134 valence electrons. The molecule has 0 saturated carbocycles. The molecule has 0 aliphatic heterocycles. The van der Waals surface area contributed by atoms with Crippen LogP contribution in [0.4, 0.5) is 0 Å². The maximum absolute atomic E-state index is 10.5. The van der Waals surface area contributed by atoms with E-state index in [4.69, 9.17) is 9.15 Å². The minimum absolute atomic E-state index is 0.169. The van der Waals surface area contributed by atoms with E-state index in [1.165, 1.54) is 0 Å². The Balaban J connectivity index is 1.70. The third kappa shape index (κ3) is 2.95. The molecule has 1 N–H and O–H groups in total. The summed E-state index contributed by atoms with van der Waals surface area (Å²) in [5, 5.41) is 13.2. The summed E-state index contributed by atoms with van der Waals surface area (Å²) in [6.45, 7) is 7.68. The van der Waals surface area contributed by atoms with Gasteiger partial charge in [-0.05, 0) is 25.2 Å². The highest BCUT2D eigenvalue weighted by Crippen LogP contribution is 2.39. The van der Waals surface area contributed by atoms with E-state index in [1.807, 2.05) is 30.3 Å². The highest BCUT2D eigenvalue weighted by molar-refractivity contribution is 6.12. The van der Waals surface area contributed by atoms with Gasteiger partial charge in [-0.3, -0.25) is 4.98 Å². The van der Waals surface area contributed by atoms with E-state index >= 15 is 0 Å². The number of pyridine rings is 1. The van der Waals surface area contributed by atoms with Crippen LogP contribution in [0.2, 0.25) is 0 Å². The number of aromatic nitrogens is 1. The zero-order valence-corrected chi connectivity index (χ0v) is 15.0. The summed E-state index contributed by atoms with van der Waals surface area (Å²) in [6.07, 6.45) is 1.76. The standard InChI is InChI=1S/C21H22N2O3/c1-3-23(4-2)8-9-25-15-11-18(24)21-16-10-14-6-5-7-22-17(14)13-19(16)26-20(21)12-15/h5-7,10-13,24H,3-4,8-9H2,1-2H3. The zero-order valence-electron chi connectivity index (χ0n) is 15.0. The van der Waals surface area contributed by atoms with Crippen molar-refractivity contribution in [1.82, 2.24) is 9.88 Å². The van der Waals surface area contributed by atoms with Crippen molar-refractivity contribution in [2.24, 2.45) is 0 Å². The third-order valence-corrected chi connectivity index (χ3v) is 4.82. The van der Waals surface area contributed by atoms with Crippen LogP contribution in [0.1, 0.15) is 13.8 Å². The number of phenolic OH excluding ortho intramolecular Hbond substituents is 1. The van der Waals surface area contributed by atoms with Crippen molar-refractivity contribution in [1.29, 1.82) is 0 Å². The summed E-state index contributed by atoms with van der Waals surface area (Å²) >= 11 is 0. The molecule has 0 spiro atoms. The van der Waals surface area contributed by atoms with E-state index < -0.39 is 0 Å². The van der Waals surface area contributed by atoms with Gasteiger partial charge in [0.25, 0.3) is 0 Å². The minimum atomic E-state index is 0.169. The monoisotopic (exact) mass is 350 g/mol. The smallest absolute Gasteiger partial charge is 0.142 e. The molecular formula is C21H22N2O3. The van der Waals surface area contributed by atoms with Gasteiger partial charge in [0.1, 0.15) is 29.3 Å². The molecular weight excluding hydrogens is 328 g/mol. The zero-order chi connectivity index (χ0) is 18.1. The topological polar surface area (TPSA) is 58.7 Å². The number of hydrogen-bond acceptors (Lipinski definition) is 5. The Morgan fingerprint density at radius 3 is 2.77 bits per heavy atom. The normalized spacial score (nSPS) is 11.8. The molecule has 5 nitrogen and oxygen atoms in total. The number of nitrogens with zero attached hydrogens (tertiary/aromatic N) is 2. The summed E-state index contributed by atoms with van der Waals surface area (Å²) in [5.74, 6) is 0.784. The van der Waals surface area contributed by atoms with Crippen molar-refractivity contribution >= 4 is 32.8 Å². The number of phenols is 1. The van der Waals surface area contributed by atoms with Crippen LogP contribution in [0.25, 0.3) is 32.8 Å². The molecule has 0 atom stereocenters. The Bertz CT molecular complexity index is 1070. The lowest BCUT2D eigenvalue weighted by atomic mass is 10.1. The van der Waals surface area contributed by atoms with Crippen LogP contribution in [0.15, 0.2) is 47.0 Å². The fourth-order valence-corrected chi connectivity index (χ4v) is 3.34. The third-order valence-electron chi connectivity index (χ3n) is 4.82. The number of furan rings is 1. The predicted molar refractivity (Wildman–Crippen MR) is 104 cm³/mol. The lowest BCUT2D eigenvalue weighted by molar-refractivity contribution is 0.222. The number of aromatic hydroxyl groups is 1. The molecule has 4 rings (SSSR count). The fourth-order valence-electron chi connectivity index (χ4n) is 3.34. The van der Waals surface area contributed by atoms with Gasteiger partial charge in [-0.15, -0.1) is 0 Å². The Labute approximate surface area is 151 Å². The van der Waals surface area contributed by atoms with E-state index in [0.29, 0.717) is 28.9 Å². The Kier molecular flexibility index (Phi) is 4.39. The largest absolute Gasteiger partial charge is 0.507 e. The molecule has 2 aromatic carbocycles. The molecule has 0 aliphatic rings. The van der Waals surface area contributed by atoms with Gasteiger partial charge in [-0.1, -0.05) is 19.9 Å². The van der Waals surface area contributed by atoms with Crippen molar-refractivity contribution in [3.05, 3.63) is 42.6 Å². The number of fused-ring (bicyclic) bond motifs is 4. The number of benzene rings is 2. The van der Waals surface area contributed by atoms with Gasteiger partial charge in [0.05, 0.1) is 10.9 Å². The average Bonchev–Trinajstić information content (AvgIpc) is 3.01. The highest BCUT2D eigenvalue weighted by Gasteiger charge is 2.14. The maximum atomic E-state index is 10.5. The van der Waals surface area contributed by atoms with Crippen molar-refractivity contribution in [3.63, 3.8) is 0 Å². The summed E-state index contributed by atoms with van der Waals surface area (Å²) in [4.78, 5) is 6.65. The molecule has 4 aromatic rings. The molecule has 26 heavy (non-hydrogen) atoms. The summed E-state index contributed by atoms with van der Waals surface area (Å²) in [6, 6.07) is 11.3. The maximum Gasteiger partial charge on any atom is 0.142 e. The molecule has 0 saturated heterocycles. The first kappa shape index (κ1) is 16.7. The van der Waals surface area contributed by atoms with Gasteiger partial charge in [0.2, 0.25) is 0 Å². The van der Waals surface area contributed by atoms with Crippen LogP contribution in [-0.4, -0.2) is 41.2 Å². The molecule has 5 heteroatoms. The quantitative estimate of drug-likeness (QED) is 0.552. The molecule has 2 aromatic heterocycles. The average molecular weight is 350 g/mol. The van der Waals surface area contributed by atoms with E-state index in [-0.39, 0.29) is 5.75 Å². The van der Waals surface area contributed by atoms with Gasteiger partial charge in [-0.25, -0.2) is 0 Å². The summed E-state index contributed by atoms with van der Waals surface area (Å²) in [7, 11) is 0. The van der Waals surface area contributed by atoms with Crippen LogP contribution in [0.3, 0.4) is 0 Å². The molecule has 0 radical (unpaired) electrons. The van der Waals surface area contributed by atoms with Crippen LogP contribution < -0.4 is 4.74 Å². The molecule has 0 aliphatic carbocycles. The first-order valence-electron chi connectivity index (χ1n) is 8.98. The number of likely N-dealkylation sites (N-methyl/N-ethyl adjacent to an activating group) is 1. The van der Waals surface area contributed by atoms with E-state index in [9.17, 15) is 5.11 Å². The van der Waals surface area contributed by atoms with Gasteiger partial charge in [0.15, 0.2) is 0 Å². The van der Waals surface area contributed by atoms with Crippen molar-refractivity contribution < 1.29 is 14.3 Å². The fraction of sp³-hybridized carbons (Fsp3) is 0.286. The van der Waals surface area contributed by atoms with E-state index in [0.717, 1.165) is 35.9 Å². The predicted octanol–water partition coefficient (Wildman–Crippen LogP) is 4.56. The summed E-state index contributed by atoms with van der Waals surface area (Å²) < 4.78 is 11.8. The van der Waals surface area contributed by atoms with E-state index in [1.54, 1.807) is 12.3 Å². The minimum Gasteiger partial charge on any atom is -0.507 e. The Morgan fingerprint density at radius 2 is 1.96 bits per heavy atom. The van der Waals surface area contributed by atoms with E-state index in [2.05, 4.69) is 23.7 Å². The molecule has 0 amide bonds. The molecule has 0 fully saturated rings.